The van der Waals surface area contributed by atoms with Gasteiger partial charge in [0.1, 0.15) is 0 Å². The number of benzene rings is 1. The van der Waals surface area contributed by atoms with Crippen LogP contribution in [-0.2, 0) is 6.42 Å². The number of nitrogens with zero attached hydrogens (tertiary/aromatic N) is 2. The minimum atomic E-state index is 0.174. The van der Waals surface area contributed by atoms with Crippen LogP contribution in [0.4, 0.5) is 0 Å². The molecule has 1 heterocycles. The van der Waals surface area contributed by atoms with Crippen molar-refractivity contribution >= 4 is 5.91 Å². The van der Waals surface area contributed by atoms with Gasteiger partial charge in [0.05, 0.1) is 0 Å². The smallest absolute Gasteiger partial charge is 0.253 e. The molecule has 3 heteroatoms. The average molecular weight is 262 g/mol. The molecule has 0 atom stereocenters. The van der Waals surface area contributed by atoms with Crippen LogP contribution in [0.15, 0.2) is 24.3 Å². The number of carbonyl (C=O) groups is 1. The van der Waals surface area contributed by atoms with Crippen molar-refractivity contribution in [3.63, 3.8) is 0 Å². The number of hydrogen-bond acceptors (Lipinski definition) is 2. The van der Waals surface area contributed by atoms with Crippen molar-refractivity contribution < 1.29 is 4.79 Å². The molecule has 1 fully saturated rings. The first-order valence-corrected chi connectivity index (χ1v) is 7.27. The zero-order valence-electron chi connectivity index (χ0n) is 12.6. The lowest BCUT2D eigenvalue weighted by atomic mass is 10.1. The third-order valence-electron chi connectivity index (χ3n) is 3.37. The monoisotopic (exact) mass is 262 g/mol. The Balaban J connectivity index is 0.000000861. The molecule has 1 amide bonds. The summed E-state index contributed by atoms with van der Waals surface area (Å²) in [7, 11) is 2.10. The Bertz CT molecular complexity index is 395. The second-order valence-corrected chi connectivity index (χ2v) is 4.65. The maximum atomic E-state index is 12.3. The van der Waals surface area contributed by atoms with E-state index in [0.717, 1.165) is 38.2 Å². The number of hydrogen-bond donors (Lipinski definition) is 0. The molecule has 0 N–H and O–H groups in total. The van der Waals surface area contributed by atoms with E-state index in [2.05, 4.69) is 24.9 Å². The molecule has 3 nitrogen and oxygen atoms in total. The highest BCUT2D eigenvalue weighted by atomic mass is 16.2. The maximum Gasteiger partial charge on any atom is 0.253 e. The van der Waals surface area contributed by atoms with E-state index in [1.54, 1.807) is 0 Å². The molecule has 1 aliphatic heterocycles. The Morgan fingerprint density at radius 3 is 2.37 bits per heavy atom. The standard InChI is InChI=1S/C14H20N2O.C2H6/c1-3-12-5-4-6-13(11-12)14(17)16-9-7-15(2)8-10-16;1-2/h4-6,11H,3,7-10H2,1-2H3;1-2H3. The van der Waals surface area contributed by atoms with Crippen LogP contribution in [0.1, 0.15) is 36.7 Å². The number of piperazine rings is 1. The third-order valence-corrected chi connectivity index (χ3v) is 3.37. The fourth-order valence-electron chi connectivity index (χ4n) is 2.12. The van der Waals surface area contributed by atoms with Crippen molar-refractivity contribution in [1.82, 2.24) is 9.80 Å². The van der Waals surface area contributed by atoms with E-state index < -0.39 is 0 Å². The molecule has 0 aliphatic carbocycles. The van der Waals surface area contributed by atoms with Crippen LogP contribution in [0.2, 0.25) is 0 Å². The molecule has 1 aromatic rings. The largest absolute Gasteiger partial charge is 0.336 e. The fraction of sp³-hybridized carbons (Fsp3) is 0.562. The van der Waals surface area contributed by atoms with Gasteiger partial charge in [-0.15, -0.1) is 0 Å². The Kier molecular flexibility index (Phi) is 6.57. The van der Waals surface area contributed by atoms with Crippen molar-refractivity contribution in [1.29, 1.82) is 0 Å². The first-order valence-electron chi connectivity index (χ1n) is 7.27. The van der Waals surface area contributed by atoms with Crippen LogP contribution in [0, 0.1) is 0 Å². The molecule has 0 aromatic heterocycles. The highest BCUT2D eigenvalue weighted by Crippen LogP contribution is 2.10. The van der Waals surface area contributed by atoms with Crippen LogP contribution in [-0.4, -0.2) is 48.9 Å². The SMILES string of the molecule is CC.CCc1cccc(C(=O)N2CCN(C)CC2)c1. The summed E-state index contributed by atoms with van der Waals surface area (Å²) in [6.45, 7) is 9.73. The topological polar surface area (TPSA) is 23.6 Å². The van der Waals surface area contributed by atoms with Gasteiger partial charge >= 0.3 is 0 Å². The normalized spacial score (nSPS) is 15.7. The summed E-state index contributed by atoms with van der Waals surface area (Å²) in [5.74, 6) is 0.174. The van der Waals surface area contributed by atoms with Gasteiger partial charge < -0.3 is 9.80 Å². The lowest BCUT2D eigenvalue weighted by molar-refractivity contribution is 0.0664. The van der Waals surface area contributed by atoms with Crippen LogP contribution < -0.4 is 0 Å². The van der Waals surface area contributed by atoms with E-state index in [9.17, 15) is 4.79 Å². The van der Waals surface area contributed by atoms with Crippen molar-refractivity contribution in [2.45, 2.75) is 27.2 Å². The lowest BCUT2D eigenvalue weighted by Crippen LogP contribution is -2.47. The predicted molar refractivity (Wildman–Crippen MR) is 80.6 cm³/mol. The van der Waals surface area contributed by atoms with E-state index in [0.29, 0.717) is 0 Å². The van der Waals surface area contributed by atoms with E-state index in [-0.39, 0.29) is 5.91 Å². The number of carbonyl (C=O) groups excluding carboxylic acids is 1. The lowest BCUT2D eigenvalue weighted by Gasteiger charge is -2.32. The molecule has 0 radical (unpaired) electrons. The van der Waals surface area contributed by atoms with E-state index in [1.165, 1.54) is 5.56 Å². The second-order valence-electron chi connectivity index (χ2n) is 4.65. The third kappa shape index (κ3) is 4.35. The van der Waals surface area contributed by atoms with Gasteiger partial charge in [-0.25, -0.2) is 0 Å². The van der Waals surface area contributed by atoms with Crippen LogP contribution >= 0.6 is 0 Å². The summed E-state index contributed by atoms with van der Waals surface area (Å²) < 4.78 is 0. The van der Waals surface area contributed by atoms with Crippen LogP contribution in [0.5, 0.6) is 0 Å². The summed E-state index contributed by atoms with van der Waals surface area (Å²) in [5, 5.41) is 0. The zero-order valence-corrected chi connectivity index (χ0v) is 12.6. The summed E-state index contributed by atoms with van der Waals surface area (Å²) in [5.41, 5.74) is 2.05. The summed E-state index contributed by atoms with van der Waals surface area (Å²) >= 11 is 0. The predicted octanol–water partition coefficient (Wildman–Crippen LogP) is 2.66. The van der Waals surface area contributed by atoms with Gasteiger partial charge in [-0.1, -0.05) is 32.9 Å². The van der Waals surface area contributed by atoms with Crippen molar-refractivity contribution in [2.24, 2.45) is 0 Å². The van der Waals surface area contributed by atoms with E-state index in [4.69, 9.17) is 0 Å². The molecule has 0 saturated carbocycles. The van der Waals surface area contributed by atoms with Crippen molar-refractivity contribution in [3.05, 3.63) is 35.4 Å². The Hall–Kier alpha value is -1.35. The Labute approximate surface area is 117 Å². The van der Waals surface area contributed by atoms with Crippen LogP contribution in [0.25, 0.3) is 0 Å². The molecule has 106 valence electrons. The second kappa shape index (κ2) is 7.95. The quantitative estimate of drug-likeness (QED) is 0.818. The first kappa shape index (κ1) is 15.7. The number of aryl methyl sites for hydroxylation is 1. The Morgan fingerprint density at radius 2 is 1.79 bits per heavy atom. The minimum absolute atomic E-state index is 0.174. The molecular formula is C16H26N2O. The highest BCUT2D eigenvalue weighted by molar-refractivity contribution is 5.94. The Morgan fingerprint density at radius 1 is 1.16 bits per heavy atom. The zero-order chi connectivity index (χ0) is 14.3. The molecule has 1 aliphatic rings. The number of amides is 1. The fourth-order valence-corrected chi connectivity index (χ4v) is 2.12. The molecule has 2 rings (SSSR count). The summed E-state index contributed by atoms with van der Waals surface area (Å²) in [6.07, 6.45) is 0.976. The van der Waals surface area contributed by atoms with E-state index in [1.807, 2.05) is 36.9 Å². The van der Waals surface area contributed by atoms with Gasteiger partial charge in [0, 0.05) is 31.7 Å². The molecule has 0 spiro atoms. The van der Waals surface area contributed by atoms with Gasteiger partial charge in [0.15, 0.2) is 0 Å². The molecule has 0 bridgehead atoms. The van der Waals surface area contributed by atoms with Crippen molar-refractivity contribution in [3.8, 4) is 0 Å². The molecule has 0 unspecified atom stereocenters. The van der Waals surface area contributed by atoms with Crippen LogP contribution in [0.3, 0.4) is 0 Å². The van der Waals surface area contributed by atoms with Gasteiger partial charge in [0.2, 0.25) is 0 Å². The molecule has 19 heavy (non-hydrogen) atoms. The minimum Gasteiger partial charge on any atom is -0.336 e. The highest BCUT2D eigenvalue weighted by Gasteiger charge is 2.20. The molecular weight excluding hydrogens is 236 g/mol. The van der Waals surface area contributed by atoms with Gasteiger partial charge in [0.25, 0.3) is 5.91 Å². The van der Waals surface area contributed by atoms with Gasteiger partial charge in [-0.2, -0.15) is 0 Å². The van der Waals surface area contributed by atoms with E-state index >= 15 is 0 Å². The van der Waals surface area contributed by atoms with Gasteiger partial charge in [-0.05, 0) is 31.2 Å². The molecule has 1 saturated heterocycles. The average Bonchev–Trinajstić information content (AvgIpc) is 2.49. The van der Waals surface area contributed by atoms with Crippen molar-refractivity contribution in [2.75, 3.05) is 33.2 Å². The van der Waals surface area contributed by atoms with Gasteiger partial charge in [-0.3, -0.25) is 4.79 Å². The maximum absolute atomic E-state index is 12.3. The number of rotatable bonds is 2. The summed E-state index contributed by atoms with van der Waals surface area (Å²) in [6, 6.07) is 7.98. The summed E-state index contributed by atoms with van der Waals surface area (Å²) in [4.78, 5) is 16.5. The number of likely N-dealkylation sites (N-methyl/N-ethyl adjacent to an activating group) is 1. The first-order chi connectivity index (χ1) is 9.20. The molecule has 1 aromatic carbocycles.